The molecule has 1 nitrogen and oxygen atoms in total. The summed E-state index contributed by atoms with van der Waals surface area (Å²) in [7, 11) is 0. The lowest BCUT2D eigenvalue weighted by Crippen LogP contribution is -1.88. The molecule has 1 rings (SSSR count). The highest BCUT2D eigenvalue weighted by atomic mass is 14.7. The second kappa shape index (κ2) is 2.62. The van der Waals surface area contributed by atoms with Gasteiger partial charge < -0.3 is 0 Å². The van der Waals surface area contributed by atoms with E-state index in [0.717, 1.165) is 6.42 Å². The zero-order valence-corrected chi connectivity index (χ0v) is 5.89. The first-order valence-electron chi connectivity index (χ1n) is 3.14. The summed E-state index contributed by atoms with van der Waals surface area (Å²) in [6.45, 7) is 4.17. The minimum absolute atomic E-state index is 1.02. The van der Waals surface area contributed by atoms with Crippen LogP contribution in [0.4, 0.5) is 0 Å². The summed E-state index contributed by atoms with van der Waals surface area (Å²) >= 11 is 0. The van der Waals surface area contributed by atoms with Gasteiger partial charge in [-0.3, -0.25) is 4.99 Å². The molecule has 0 spiro atoms. The van der Waals surface area contributed by atoms with Crippen LogP contribution in [0.5, 0.6) is 0 Å². The molecule has 0 saturated carbocycles. The lowest BCUT2D eigenvalue weighted by atomic mass is 10.1. The lowest BCUT2D eigenvalue weighted by Gasteiger charge is -1.94. The van der Waals surface area contributed by atoms with Crippen molar-refractivity contribution in [2.45, 2.75) is 20.3 Å². The van der Waals surface area contributed by atoms with Crippen molar-refractivity contribution in [1.29, 1.82) is 0 Å². The smallest absolute Gasteiger partial charge is 0.0267 e. The Morgan fingerprint density at radius 2 is 2.22 bits per heavy atom. The van der Waals surface area contributed by atoms with Crippen LogP contribution in [0.2, 0.25) is 0 Å². The number of hydrogen-bond acceptors (Lipinski definition) is 1. The first-order valence-corrected chi connectivity index (χ1v) is 3.14. The zero-order chi connectivity index (χ0) is 6.69. The van der Waals surface area contributed by atoms with Crippen molar-refractivity contribution in [2.24, 2.45) is 4.99 Å². The van der Waals surface area contributed by atoms with Crippen LogP contribution in [0.1, 0.15) is 20.3 Å². The highest BCUT2D eigenvalue weighted by Crippen LogP contribution is 2.05. The summed E-state index contributed by atoms with van der Waals surface area (Å²) in [6, 6.07) is 0. The average Bonchev–Trinajstić information content (AvgIpc) is 1.93. The first kappa shape index (κ1) is 6.27. The molecule has 0 aromatic heterocycles. The summed E-state index contributed by atoms with van der Waals surface area (Å²) in [5, 5.41) is 0. The van der Waals surface area contributed by atoms with E-state index in [4.69, 9.17) is 0 Å². The van der Waals surface area contributed by atoms with Crippen LogP contribution in [0.15, 0.2) is 28.9 Å². The average molecular weight is 121 g/mol. The molecule has 0 atom stereocenters. The second-order valence-corrected chi connectivity index (χ2v) is 2.40. The van der Waals surface area contributed by atoms with E-state index in [1.807, 2.05) is 19.2 Å². The fraction of sp³-hybridized carbons (Fsp3) is 0.375. The molecule has 9 heavy (non-hydrogen) atoms. The molecule has 1 aliphatic rings. The van der Waals surface area contributed by atoms with Gasteiger partial charge in [0.1, 0.15) is 0 Å². The quantitative estimate of drug-likeness (QED) is 0.466. The number of aliphatic imine (C=N–C) groups is 1. The summed E-state index contributed by atoms with van der Waals surface area (Å²) in [6.07, 6.45) is 6.94. The molecule has 0 bridgehead atoms. The van der Waals surface area contributed by atoms with Crippen LogP contribution in [0, 0.1) is 0 Å². The number of hydrogen-bond donors (Lipinski definition) is 0. The molecule has 0 saturated heterocycles. The van der Waals surface area contributed by atoms with Gasteiger partial charge in [-0.05, 0) is 19.9 Å². The van der Waals surface area contributed by atoms with Gasteiger partial charge in [-0.2, -0.15) is 0 Å². The van der Waals surface area contributed by atoms with E-state index in [-0.39, 0.29) is 0 Å². The van der Waals surface area contributed by atoms with Crippen LogP contribution in [0.25, 0.3) is 0 Å². The molecule has 0 radical (unpaired) electrons. The highest BCUT2D eigenvalue weighted by molar-refractivity contribution is 5.85. The van der Waals surface area contributed by atoms with Gasteiger partial charge in [0.25, 0.3) is 0 Å². The monoisotopic (exact) mass is 121 g/mol. The van der Waals surface area contributed by atoms with E-state index in [1.165, 1.54) is 11.3 Å². The molecule has 0 unspecified atom stereocenters. The predicted octanol–water partition coefficient (Wildman–Crippen LogP) is 2.31. The van der Waals surface area contributed by atoms with Gasteiger partial charge >= 0.3 is 0 Å². The minimum Gasteiger partial charge on any atom is -0.266 e. The normalized spacial score (nSPS) is 18.4. The topological polar surface area (TPSA) is 12.4 Å². The minimum atomic E-state index is 1.02. The Bertz CT molecular complexity index is 165. The Kier molecular flexibility index (Phi) is 1.83. The van der Waals surface area contributed by atoms with Gasteiger partial charge in [0.15, 0.2) is 0 Å². The van der Waals surface area contributed by atoms with E-state index in [0.29, 0.717) is 0 Å². The predicted molar refractivity (Wildman–Crippen MR) is 40.6 cm³/mol. The maximum absolute atomic E-state index is 4.16. The van der Waals surface area contributed by atoms with E-state index in [2.05, 4.69) is 18.0 Å². The molecule has 0 aromatic rings. The fourth-order valence-corrected chi connectivity index (χ4v) is 0.886. The highest BCUT2D eigenvalue weighted by Gasteiger charge is 1.93. The largest absolute Gasteiger partial charge is 0.266 e. The number of rotatable bonds is 0. The Labute approximate surface area is 55.8 Å². The number of nitrogens with zero attached hydrogens (tertiary/aromatic N) is 1. The maximum atomic E-state index is 4.16. The van der Waals surface area contributed by atoms with Gasteiger partial charge in [0, 0.05) is 18.3 Å². The molecule has 0 fully saturated rings. The summed E-state index contributed by atoms with van der Waals surface area (Å²) < 4.78 is 0. The van der Waals surface area contributed by atoms with E-state index >= 15 is 0 Å². The van der Waals surface area contributed by atoms with Crippen LogP contribution < -0.4 is 0 Å². The van der Waals surface area contributed by atoms with Gasteiger partial charge in [-0.25, -0.2) is 0 Å². The summed E-state index contributed by atoms with van der Waals surface area (Å²) in [5.74, 6) is 0. The van der Waals surface area contributed by atoms with E-state index in [1.54, 1.807) is 0 Å². The number of allylic oxidation sites excluding steroid dienone is 3. The molecule has 0 amide bonds. The fourth-order valence-electron chi connectivity index (χ4n) is 0.886. The van der Waals surface area contributed by atoms with E-state index in [9.17, 15) is 0 Å². The second-order valence-electron chi connectivity index (χ2n) is 2.40. The third kappa shape index (κ3) is 1.84. The van der Waals surface area contributed by atoms with Crippen molar-refractivity contribution in [1.82, 2.24) is 0 Å². The lowest BCUT2D eigenvalue weighted by molar-refractivity contribution is 1.25. The maximum Gasteiger partial charge on any atom is 0.0267 e. The van der Waals surface area contributed by atoms with Gasteiger partial charge in [-0.1, -0.05) is 11.6 Å². The third-order valence-electron chi connectivity index (χ3n) is 1.30. The van der Waals surface area contributed by atoms with Crippen molar-refractivity contribution >= 4 is 5.71 Å². The Morgan fingerprint density at radius 3 is 3.00 bits per heavy atom. The molecule has 0 N–H and O–H groups in total. The SMILES string of the molecule is CC1=CC=CN=C(C)C1. The van der Waals surface area contributed by atoms with Crippen LogP contribution in [-0.4, -0.2) is 5.71 Å². The Balaban J connectivity index is 2.77. The van der Waals surface area contributed by atoms with Gasteiger partial charge in [-0.15, -0.1) is 0 Å². The molecule has 48 valence electrons. The first-order chi connectivity index (χ1) is 4.29. The standard InChI is InChI=1S/C8H11N/c1-7-4-3-5-9-8(2)6-7/h3-5H,6H2,1-2H3. The Morgan fingerprint density at radius 1 is 1.44 bits per heavy atom. The third-order valence-corrected chi connectivity index (χ3v) is 1.30. The summed E-state index contributed by atoms with van der Waals surface area (Å²) in [4.78, 5) is 4.16. The summed E-state index contributed by atoms with van der Waals surface area (Å²) in [5.41, 5.74) is 2.57. The molecule has 1 heterocycles. The van der Waals surface area contributed by atoms with Crippen LogP contribution in [-0.2, 0) is 0 Å². The van der Waals surface area contributed by atoms with Crippen molar-refractivity contribution < 1.29 is 0 Å². The van der Waals surface area contributed by atoms with Crippen molar-refractivity contribution in [2.75, 3.05) is 0 Å². The molecular weight excluding hydrogens is 110 g/mol. The molecular formula is C8H11N. The van der Waals surface area contributed by atoms with E-state index < -0.39 is 0 Å². The van der Waals surface area contributed by atoms with Crippen molar-refractivity contribution in [3.8, 4) is 0 Å². The van der Waals surface area contributed by atoms with Crippen LogP contribution >= 0.6 is 0 Å². The van der Waals surface area contributed by atoms with Gasteiger partial charge in [0.05, 0.1) is 0 Å². The van der Waals surface area contributed by atoms with Crippen LogP contribution in [0.3, 0.4) is 0 Å². The van der Waals surface area contributed by atoms with Crippen molar-refractivity contribution in [3.05, 3.63) is 23.9 Å². The Hall–Kier alpha value is -0.850. The molecule has 0 aliphatic carbocycles. The molecule has 1 aliphatic heterocycles. The van der Waals surface area contributed by atoms with Crippen molar-refractivity contribution in [3.63, 3.8) is 0 Å². The zero-order valence-electron chi connectivity index (χ0n) is 5.89. The molecule has 1 heteroatoms. The molecule has 0 aromatic carbocycles. The van der Waals surface area contributed by atoms with Gasteiger partial charge in [0.2, 0.25) is 0 Å².